The Morgan fingerprint density at radius 3 is 2.45 bits per heavy atom. The first-order valence-corrected chi connectivity index (χ1v) is 7.40. The molecule has 0 radical (unpaired) electrons. The van der Waals surface area contributed by atoms with Gasteiger partial charge >= 0.3 is 0 Å². The molecular formula is C18H21NO3. The first kappa shape index (κ1) is 15.9. The van der Waals surface area contributed by atoms with Crippen molar-refractivity contribution in [1.82, 2.24) is 0 Å². The van der Waals surface area contributed by atoms with E-state index in [2.05, 4.69) is 12.2 Å². The summed E-state index contributed by atoms with van der Waals surface area (Å²) < 4.78 is 11.0. The molecule has 1 N–H and O–H groups in total. The Hall–Kier alpha value is -2.49. The number of hydrogen-bond donors (Lipinski definition) is 1. The molecule has 2 rings (SSSR count). The number of para-hydroxylation sites is 1. The van der Waals surface area contributed by atoms with Crippen molar-refractivity contribution >= 4 is 11.6 Å². The van der Waals surface area contributed by atoms with E-state index in [0.29, 0.717) is 6.61 Å². The van der Waals surface area contributed by atoms with Crippen LogP contribution in [0.1, 0.15) is 18.9 Å². The predicted octanol–water partition coefficient (Wildman–Crippen LogP) is 3.80. The summed E-state index contributed by atoms with van der Waals surface area (Å²) in [5.41, 5.74) is 1.73. The summed E-state index contributed by atoms with van der Waals surface area (Å²) >= 11 is 0. The molecule has 2 aromatic carbocycles. The summed E-state index contributed by atoms with van der Waals surface area (Å²) in [6.07, 6.45) is 0.967. The van der Waals surface area contributed by atoms with Gasteiger partial charge in [-0.15, -0.1) is 0 Å². The minimum atomic E-state index is -0.189. The van der Waals surface area contributed by atoms with Gasteiger partial charge in [-0.2, -0.15) is 0 Å². The lowest BCUT2D eigenvalue weighted by Gasteiger charge is -2.10. The highest BCUT2D eigenvalue weighted by Gasteiger charge is 2.05. The highest BCUT2D eigenvalue weighted by atomic mass is 16.5. The molecule has 0 aliphatic carbocycles. The average molecular weight is 299 g/mol. The molecule has 0 fully saturated rings. The van der Waals surface area contributed by atoms with Crippen LogP contribution in [-0.4, -0.2) is 19.1 Å². The third-order valence-corrected chi connectivity index (χ3v) is 3.06. The fourth-order valence-corrected chi connectivity index (χ4v) is 1.91. The van der Waals surface area contributed by atoms with Gasteiger partial charge in [-0.3, -0.25) is 4.79 Å². The molecule has 22 heavy (non-hydrogen) atoms. The Labute approximate surface area is 131 Å². The van der Waals surface area contributed by atoms with E-state index < -0.39 is 0 Å². The Bertz CT molecular complexity index is 608. The Balaban J connectivity index is 1.83. The fourth-order valence-electron chi connectivity index (χ4n) is 1.91. The molecular weight excluding hydrogens is 278 g/mol. The quantitative estimate of drug-likeness (QED) is 0.846. The summed E-state index contributed by atoms with van der Waals surface area (Å²) in [6.45, 7) is 4.68. The number of carbonyl (C=O) groups excluding carboxylic acids is 1. The van der Waals surface area contributed by atoms with Crippen LogP contribution in [0, 0.1) is 6.92 Å². The number of ether oxygens (including phenoxy) is 2. The van der Waals surface area contributed by atoms with E-state index in [9.17, 15) is 4.79 Å². The minimum Gasteiger partial charge on any atom is -0.494 e. The third-order valence-electron chi connectivity index (χ3n) is 3.06. The zero-order chi connectivity index (χ0) is 15.8. The maximum atomic E-state index is 11.9. The van der Waals surface area contributed by atoms with Gasteiger partial charge < -0.3 is 14.8 Å². The number of anilines is 1. The molecule has 116 valence electrons. The van der Waals surface area contributed by atoms with Crippen molar-refractivity contribution < 1.29 is 14.3 Å². The van der Waals surface area contributed by atoms with Gasteiger partial charge in [0.2, 0.25) is 0 Å². The van der Waals surface area contributed by atoms with Crippen molar-refractivity contribution in [1.29, 1.82) is 0 Å². The van der Waals surface area contributed by atoms with Crippen LogP contribution < -0.4 is 14.8 Å². The molecule has 0 heterocycles. The van der Waals surface area contributed by atoms with E-state index in [1.165, 1.54) is 0 Å². The third kappa shape index (κ3) is 4.81. The SMILES string of the molecule is CCCOc1ccc(NC(=O)COc2ccccc2C)cc1. The largest absolute Gasteiger partial charge is 0.494 e. The van der Waals surface area contributed by atoms with Crippen LogP contribution in [0.2, 0.25) is 0 Å². The molecule has 0 atom stereocenters. The molecule has 2 aromatic rings. The normalized spacial score (nSPS) is 10.1. The van der Waals surface area contributed by atoms with Gasteiger partial charge in [0.15, 0.2) is 6.61 Å². The van der Waals surface area contributed by atoms with E-state index in [0.717, 1.165) is 29.2 Å². The monoisotopic (exact) mass is 299 g/mol. The summed E-state index contributed by atoms with van der Waals surface area (Å²) in [7, 11) is 0. The summed E-state index contributed by atoms with van der Waals surface area (Å²) in [4.78, 5) is 11.9. The second-order valence-corrected chi connectivity index (χ2v) is 4.98. The van der Waals surface area contributed by atoms with Crippen molar-refractivity contribution in [3.8, 4) is 11.5 Å². The molecule has 0 aliphatic heterocycles. The number of aryl methyl sites for hydroxylation is 1. The Kier molecular flexibility index (Phi) is 5.83. The van der Waals surface area contributed by atoms with Gasteiger partial charge in [0.25, 0.3) is 5.91 Å². The molecule has 0 spiro atoms. The van der Waals surface area contributed by atoms with Crippen molar-refractivity contribution in [2.75, 3.05) is 18.5 Å². The molecule has 4 heteroatoms. The fraction of sp³-hybridized carbons (Fsp3) is 0.278. The van der Waals surface area contributed by atoms with Crippen molar-refractivity contribution in [2.24, 2.45) is 0 Å². The Morgan fingerprint density at radius 1 is 1.05 bits per heavy atom. The van der Waals surface area contributed by atoms with Gasteiger partial charge in [0.05, 0.1) is 6.61 Å². The van der Waals surface area contributed by atoms with Gasteiger partial charge in [-0.05, 0) is 49.2 Å². The van der Waals surface area contributed by atoms with Crippen molar-refractivity contribution in [3.63, 3.8) is 0 Å². The van der Waals surface area contributed by atoms with E-state index in [4.69, 9.17) is 9.47 Å². The second-order valence-electron chi connectivity index (χ2n) is 4.98. The molecule has 0 unspecified atom stereocenters. The van der Waals surface area contributed by atoms with Crippen LogP contribution in [0.3, 0.4) is 0 Å². The van der Waals surface area contributed by atoms with E-state index >= 15 is 0 Å². The molecule has 0 saturated heterocycles. The Morgan fingerprint density at radius 2 is 1.77 bits per heavy atom. The minimum absolute atomic E-state index is 0.0149. The van der Waals surface area contributed by atoms with Crippen molar-refractivity contribution in [2.45, 2.75) is 20.3 Å². The van der Waals surface area contributed by atoms with Gasteiger partial charge in [-0.25, -0.2) is 0 Å². The van der Waals surface area contributed by atoms with Crippen LogP contribution >= 0.6 is 0 Å². The lowest BCUT2D eigenvalue weighted by Crippen LogP contribution is -2.20. The number of amides is 1. The number of nitrogens with one attached hydrogen (secondary N) is 1. The van der Waals surface area contributed by atoms with Crippen LogP contribution in [0.25, 0.3) is 0 Å². The molecule has 0 bridgehead atoms. The van der Waals surface area contributed by atoms with E-state index in [1.54, 1.807) is 0 Å². The van der Waals surface area contributed by atoms with E-state index in [1.807, 2.05) is 55.5 Å². The number of carbonyl (C=O) groups is 1. The first-order chi connectivity index (χ1) is 10.7. The zero-order valence-electron chi connectivity index (χ0n) is 13.0. The van der Waals surface area contributed by atoms with E-state index in [-0.39, 0.29) is 12.5 Å². The molecule has 0 aromatic heterocycles. The first-order valence-electron chi connectivity index (χ1n) is 7.40. The number of rotatable bonds is 7. The van der Waals surface area contributed by atoms with Crippen LogP contribution in [0.4, 0.5) is 5.69 Å². The summed E-state index contributed by atoms with van der Waals surface area (Å²) in [6, 6.07) is 14.9. The van der Waals surface area contributed by atoms with Crippen LogP contribution in [0.15, 0.2) is 48.5 Å². The smallest absolute Gasteiger partial charge is 0.262 e. The number of benzene rings is 2. The molecule has 1 amide bonds. The van der Waals surface area contributed by atoms with Gasteiger partial charge in [0, 0.05) is 5.69 Å². The molecule has 0 saturated carbocycles. The zero-order valence-corrected chi connectivity index (χ0v) is 13.0. The molecule has 4 nitrogen and oxygen atoms in total. The maximum Gasteiger partial charge on any atom is 0.262 e. The lowest BCUT2D eigenvalue weighted by molar-refractivity contribution is -0.118. The van der Waals surface area contributed by atoms with Gasteiger partial charge in [-0.1, -0.05) is 25.1 Å². The summed E-state index contributed by atoms with van der Waals surface area (Å²) in [5.74, 6) is 1.34. The highest BCUT2D eigenvalue weighted by Crippen LogP contribution is 2.17. The van der Waals surface area contributed by atoms with Crippen LogP contribution in [-0.2, 0) is 4.79 Å². The van der Waals surface area contributed by atoms with Crippen LogP contribution in [0.5, 0.6) is 11.5 Å². The standard InChI is InChI=1S/C18H21NO3/c1-3-12-21-16-10-8-15(9-11-16)19-18(20)13-22-17-7-5-4-6-14(17)2/h4-11H,3,12-13H2,1-2H3,(H,19,20). The highest BCUT2D eigenvalue weighted by molar-refractivity contribution is 5.91. The maximum absolute atomic E-state index is 11.9. The lowest BCUT2D eigenvalue weighted by atomic mass is 10.2. The topological polar surface area (TPSA) is 47.6 Å². The number of hydrogen-bond acceptors (Lipinski definition) is 3. The average Bonchev–Trinajstić information content (AvgIpc) is 2.53. The molecule has 0 aliphatic rings. The summed E-state index contributed by atoms with van der Waals surface area (Å²) in [5, 5.41) is 2.80. The van der Waals surface area contributed by atoms with Crippen molar-refractivity contribution in [3.05, 3.63) is 54.1 Å². The predicted molar refractivity (Wildman–Crippen MR) is 87.5 cm³/mol. The second kappa shape index (κ2) is 8.08. The van der Waals surface area contributed by atoms with Gasteiger partial charge in [0.1, 0.15) is 11.5 Å².